The topological polar surface area (TPSA) is 79.1 Å². The van der Waals surface area contributed by atoms with Crippen LogP contribution in [0.1, 0.15) is 0 Å². The Labute approximate surface area is 80.0 Å². The van der Waals surface area contributed by atoms with Crippen LogP contribution in [0.3, 0.4) is 0 Å². The number of nitrogens with zero attached hydrogens (tertiary/aromatic N) is 4. The molecule has 0 aromatic carbocycles. The number of esters is 1. The quantitative estimate of drug-likeness (QED) is 0.571. The average molecular weight is 198 g/mol. The van der Waals surface area contributed by atoms with Gasteiger partial charge in [0.05, 0.1) is 26.9 Å². The molecular weight excluding hydrogens is 188 g/mol. The molecule has 2 heterocycles. The van der Waals surface area contributed by atoms with Crippen molar-refractivity contribution in [1.29, 1.82) is 0 Å². The molecule has 1 fully saturated rings. The molecule has 14 heavy (non-hydrogen) atoms. The van der Waals surface area contributed by atoms with Crippen LogP contribution in [-0.4, -0.2) is 46.5 Å². The van der Waals surface area contributed by atoms with Gasteiger partial charge in [-0.3, -0.25) is 4.79 Å². The molecule has 0 atom stereocenters. The number of ether oxygens (including phenoxy) is 2. The predicted octanol–water partition coefficient (Wildman–Crippen LogP) is -1.14. The molecule has 76 valence electrons. The Bertz CT molecular complexity index is 320. The van der Waals surface area contributed by atoms with E-state index in [4.69, 9.17) is 9.47 Å². The first-order valence-corrected chi connectivity index (χ1v) is 4.14. The molecule has 0 spiro atoms. The summed E-state index contributed by atoms with van der Waals surface area (Å²) in [4.78, 5) is 11.5. The third-order valence-corrected chi connectivity index (χ3v) is 2.23. The summed E-state index contributed by atoms with van der Waals surface area (Å²) in [6.07, 6.45) is 1.46. The fourth-order valence-electron chi connectivity index (χ4n) is 1.40. The van der Waals surface area contributed by atoms with Crippen LogP contribution in [0.15, 0.2) is 6.33 Å². The smallest absolute Gasteiger partial charge is 0.318 e. The molecule has 1 aliphatic heterocycles. The number of carbonyl (C=O) groups excluding carboxylic acids is 1. The molecule has 0 N–H and O–H groups in total. The zero-order valence-electron chi connectivity index (χ0n) is 7.71. The first-order valence-electron chi connectivity index (χ1n) is 4.14. The highest BCUT2D eigenvalue weighted by Gasteiger charge is 2.47. The largest absolute Gasteiger partial charge is 0.468 e. The molecule has 1 saturated heterocycles. The second kappa shape index (κ2) is 3.33. The highest BCUT2D eigenvalue weighted by molar-refractivity contribution is 5.77. The lowest BCUT2D eigenvalue weighted by Crippen LogP contribution is -2.52. The number of carbonyl (C=O) groups is 1. The third kappa shape index (κ3) is 1.35. The van der Waals surface area contributed by atoms with Crippen LogP contribution in [0.5, 0.6) is 0 Å². The van der Waals surface area contributed by atoms with Gasteiger partial charge in [0.2, 0.25) is 0 Å². The molecule has 2 rings (SSSR count). The summed E-state index contributed by atoms with van der Waals surface area (Å²) >= 11 is 0. The van der Waals surface area contributed by atoms with Gasteiger partial charge in [-0.15, -0.1) is 5.10 Å². The number of hydrogen-bond donors (Lipinski definition) is 0. The van der Waals surface area contributed by atoms with Crippen LogP contribution >= 0.6 is 0 Å². The monoisotopic (exact) mass is 198 g/mol. The van der Waals surface area contributed by atoms with Crippen molar-refractivity contribution in [3.8, 4) is 0 Å². The molecule has 0 amide bonds. The van der Waals surface area contributed by atoms with Crippen molar-refractivity contribution in [3.05, 3.63) is 6.33 Å². The maximum absolute atomic E-state index is 11.5. The van der Waals surface area contributed by atoms with E-state index in [1.807, 2.05) is 0 Å². The Kier molecular flexibility index (Phi) is 2.16. The van der Waals surface area contributed by atoms with Gasteiger partial charge in [-0.2, -0.15) is 0 Å². The number of hydrogen-bond acceptors (Lipinski definition) is 6. The van der Waals surface area contributed by atoms with E-state index in [-0.39, 0.29) is 5.97 Å². The van der Waals surface area contributed by atoms with Crippen molar-refractivity contribution in [3.63, 3.8) is 0 Å². The van der Waals surface area contributed by atoms with Crippen LogP contribution in [0.25, 0.3) is 0 Å². The minimum atomic E-state index is -0.607. The van der Waals surface area contributed by atoms with Crippen molar-refractivity contribution in [1.82, 2.24) is 20.2 Å². The van der Waals surface area contributed by atoms with E-state index in [9.17, 15) is 4.79 Å². The molecule has 0 radical (unpaired) electrons. The fraction of sp³-hybridized carbons (Fsp3) is 0.714. The Morgan fingerprint density at radius 2 is 2.50 bits per heavy atom. The first kappa shape index (κ1) is 9.07. The minimum Gasteiger partial charge on any atom is -0.468 e. The predicted molar refractivity (Wildman–Crippen MR) is 43.1 cm³/mol. The molecular formula is C7H10N4O3. The second-order valence-corrected chi connectivity index (χ2v) is 3.27. The fourth-order valence-corrected chi connectivity index (χ4v) is 1.40. The molecule has 1 aromatic heterocycles. The van der Waals surface area contributed by atoms with Crippen molar-refractivity contribution < 1.29 is 14.3 Å². The van der Waals surface area contributed by atoms with Gasteiger partial charge in [-0.1, -0.05) is 0 Å². The number of aromatic nitrogens is 4. The van der Waals surface area contributed by atoms with Gasteiger partial charge in [-0.05, 0) is 10.4 Å². The number of methoxy groups -OCH3 is 1. The zero-order valence-corrected chi connectivity index (χ0v) is 7.71. The number of rotatable bonds is 3. The molecule has 0 bridgehead atoms. The van der Waals surface area contributed by atoms with Gasteiger partial charge >= 0.3 is 5.97 Å². The summed E-state index contributed by atoms with van der Waals surface area (Å²) in [5, 5.41) is 10.7. The third-order valence-electron chi connectivity index (χ3n) is 2.23. The summed E-state index contributed by atoms with van der Waals surface area (Å²) in [6.45, 7) is 1.12. The van der Waals surface area contributed by atoms with E-state index in [0.29, 0.717) is 19.8 Å². The van der Waals surface area contributed by atoms with Crippen molar-refractivity contribution in [2.45, 2.75) is 6.54 Å². The van der Waals surface area contributed by atoms with E-state index >= 15 is 0 Å². The highest BCUT2D eigenvalue weighted by atomic mass is 16.5. The Balaban J connectivity index is 2.10. The molecule has 1 aliphatic rings. The molecule has 7 nitrogen and oxygen atoms in total. The van der Waals surface area contributed by atoms with Gasteiger partial charge in [-0.25, -0.2) is 4.68 Å². The maximum Gasteiger partial charge on any atom is 0.318 e. The van der Waals surface area contributed by atoms with Gasteiger partial charge in [0, 0.05) is 0 Å². The Hall–Kier alpha value is -1.50. The number of tetrazole rings is 1. The summed E-state index contributed by atoms with van der Waals surface area (Å²) in [7, 11) is 1.36. The van der Waals surface area contributed by atoms with Crippen LogP contribution in [0.2, 0.25) is 0 Å². The standard InChI is InChI=1S/C7H10N4O3/c1-13-6(12)7(3-14-4-7)2-11-5-8-9-10-11/h5H,2-4H2,1H3. The highest BCUT2D eigenvalue weighted by Crippen LogP contribution is 2.30. The summed E-state index contributed by atoms with van der Waals surface area (Å²) < 4.78 is 11.2. The van der Waals surface area contributed by atoms with E-state index in [1.165, 1.54) is 18.1 Å². The average Bonchev–Trinajstić information content (AvgIpc) is 2.62. The van der Waals surface area contributed by atoms with Gasteiger partial charge in [0.15, 0.2) is 0 Å². The van der Waals surface area contributed by atoms with Gasteiger partial charge < -0.3 is 9.47 Å². The van der Waals surface area contributed by atoms with Crippen LogP contribution < -0.4 is 0 Å². The lowest BCUT2D eigenvalue weighted by molar-refractivity contribution is -0.186. The van der Waals surface area contributed by atoms with Crippen LogP contribution in [-0.2, 0) is 20.8 Å². The van der Waals surface area contributed by atoms with E-state index < -0.39 is 5.41 Å². The molecule has 7 heteroatoms. The van der Waals surface area contributed by atoms with Gasteiger partial charge in [0.1, 0.15) is 11.7 Å². The second-order valence-electron chi connectivity index (χ2n) is 3.27. The van der Waals surface area contributed by atoms with Crippen LogP contribution in [0.4, 0.5) is 0 Å². The summed E-state index contributed by atoms with van der Waals surface area (Å²) in [6, 6.07) is 0. The maximum atomic E-state index is 11.5. The Morgan fingerprint density at radius 3 is 2.93 bits per heavy atom. The summed E-state index contributed by atoms with van der Waals surface area (Å²) in [5.41, 5.74) is -0.607. The van der Waals surface area contributed by atoms with E-state index in [1.54, 1.807) is 0 Å². The lowest BCUT2D eigenvalue weighted by atomic mass is 9.86. The summed E-state index contributed by atoms with van der Waals surface area (Å²) in [5.74, 6) is -0.278. The van der Waals surface area contributed by atoms with Crippen molar-refractivity contribution in [2.24, 2.45) is 5.41 Å². The zero-order chi connectivity index (χ0) is 10.0. The molecule has 0 aliphatic carbocycles. The lowest BCUT2D eigenvalue weighted by Gasteiger charge is -2.37. The molecule has 1 aromatic rings. The van der Waals surface area contributed by atoms with Crippen molar-refractivity contribution >= 4 is 5.97 Å². The van der Waals surface area contributed by atoms with E-state index in [0.717, 1.165) is 0 Å². The van der Waals surface area contributed by atoms with Gasteiger partial charge in [0.25, 0.3) is 0 Å². The molecule has 0 saturated carbocycles. The van der Waals surface area contributed by atoms with Crippen LogP contribution in [0, 0.1) is 5.41 Å². The van der Waals surface area contributed by atoms with Crippen molar-refractivity contribution in [2.75, 3.05) is 20.3 Å². The Morgan fingerprint density at radius 1 is 1.71 bits per heavy atom. The SMILES string of the molecule is COC(=O)C1(Cn2cnnn2)COC1. The first-order chi connectivity index (χ1) is 6.77. The minimum absolute atomic E-state index is 0.278. The normalized spacial score (nSPS) is 18.6. The molecule has 0 unspecified atom stereocenters. The van der Waals surface area contributed by atoms with E-state index in [2.05, 4.69) is 15.5 Å².